The summed E-state index contributed by atoms with van der Waals surface area (Å²) in [6, 6.07) is 13.3. The lowest BCUT2D eigenvalue weighted by Gasteiger charge is -2.10. The van der Waals surface area contributed by atoms with E-state index in [2.05, 4.69) is 15.9 Å². The first-order valence-electron chi connectivity index (χ1n) is 6.36. The Morgan fingerprint density at radius 1 is 0.850 bits per heavy atom. The zero-order chi connectivity index (χ0) is 14.4. The van der Waals surface area contributed by atoms with Crippen LogP contribution in [0.5, 0.6) is 5.75 Å². The van der Waals surface area contributed by atoms with Crippen LogP contribution in [0.3, 0.4) is 0 Å². The van der Waals surface area contributed by atoms with Crippen LogP contribution < -0.4 is 4.74 Å². The molecular weight excluding hydrogens is 320 g/mol. The number of aliphatic hydroxyl groups excluding tert-OH is 2. The average molecular weight is 337 g/mol. The minimum Gasteiger partial charge on any atom is -0.489 e. The molecule has 0 aromatic heterocycles. The lowest BCUT2D eigenvalue weighted by Crippen LogP contribution is -1.99. The highest BCUT2D eigenvalue weighted by Gasteiger charge is 2.02. The third-order valence-electron chi connectivity index (χ3n) is 2.94. The summed E-state index contributed by atoms with van der Waals surface area (Å²) in [4.78, 5) is 0. The van der Waals surface area contributed by atoms with Gasteiger partial charge in [-0.05, 0) is 34.4 Å². The first-order valence-corrected chi connectivity index (χ1v) is 7.48. The molecule has 0 saturated carbocycles. The molecule has 106 valence electrons. The lowest BCUT2D eigenvalue weighted by atomic mass is 10.1. The number of ether oxygens (including phenoxy) is 1. The van der Waals surface area contributed by atoms with Crippen LogP contribution in [0.2, 0.25) is 0 Å². The number of benzene rings is 2. The Bertz CT molecular complexity index is 547. The maximum atomic E-state index is 9.25. The van der Waals surface area contributed by atoms with E-state index in [1.54, 1.807) is 0 Å². The van der Waals surface area contributed by atoms with Gasteiger partial charge < -0.3 is 14.9 Å². The van der Waals surface area contributed by atoms with E-state index >= 15 is 0 Å². The molecule has 0 aliphatic carbocycles. The second-order valence-corrected chi connectivity index (χ2v) is 5.10. The monoisotopic (exact) mass is 336 g/mol. The molecular formula is C16H17BrO3. The maximum Gasteiger partial charge on any atom is 0.120 e. The van der Waals surface area contributed by atoms with E-state index < -0.39 is 0 Å². The standard InChI is InChI=1S/C16H17BrO3/c17-8-13-4-14(10-19)6-15(5-13)11-20-16-3-1-2-12(7-16)9-18/h1-7,18-19H,8-11H2. The van der Waals surface area contributed by atoms with Crippen LogP contribution in [0.1, 0.15) is 22.3 Å². The highest BCUT2D eigenvalue weighted by Crippen LogP contribution is 2.18. The van der Waals surface area contributed by atoms with Gasteiger partial charge in [-0.2, -0.15) is 0 Å². The summed E-state index contributed by atoms with van der Waals surface area (Å²) in [7, 11) is 0. The Kier molecular flexibility index (Phi) is 5.59. The lowest BCUT2D eigenvalue weighted by molar-refractivity contribution is 0.276. The molecule has 0 aliphatic heterocycles. The van der Waals surface area contributed by atoms with E-state index in [1.807, 2.05) is 42.5 Å². The molecule has 0 fully saturated rings. The van der Waals surface area contributed by atoms with Gasteiger partial charge in [0.15, 0.2) is 0 Å². The van der Waals surface area contributed by atoms with E-state index in [0.717, 1.165) is 33.3 Å². The minimum absolute atomic E-state index is 0.00489. The molecule has 20 heavy (non-hydrogen) atoms. The molecule has 0 aliphatic rings. The van der Waals surface area contributed by atoms with Crippen LogP contribution in [-0.4, -0.2) is 10.2 Å². The van der Waals surface area contributed by atoms with Gasteiger partial charge >= 0.3 is 0 Å². The van der Waals surface area contributed by atoms with Crippen molar-refractivity contribution >= 4 is 15.9 Å². The van der Waals surface area contributed by atoms with Gasteiger partial charge in [-0.25, -0.2) is 0 Å². The van der Waals surface area contributed by atoms with Crippen molar-refractivity contribution in [1.82, 2.24) is 0 Å². The van der Waals surface area contributed by atoms with Crippen LogP contribution >= 0.6 is 15.9 Å². The fourth-order valence-corrected chi connectivity index (χ4v) is 2.32. The van der Waals surface area contributed by atoms with Gasteiger partial charge in [-0.1, -0.05) is 46.3 Å². The molecule has 0 unspecified atom stereocenters. The molecule has 3 nitrogen and oxygen atoms in total. The van der Waals surface area contributed by atoms with E-state index in [0.29, 0.717) is 6.61 Å². The molecule has 0 saturated heterocycles. The number of alkyl halides is 1. The quantitative estimate of drug-likeness (QED) is 0.796. The van der Waals surface area contributed by atoms with Gasteiger partial charge in [-0.15, -0.1) is 0 Å². The van der Waals surface area contributed by atoms with Crippen LogP contribution in [0.4, 0.5) is 0 Å². The van der Waals surface area contributed by atoms with Crippen LogP contribution in [0, 0.1) is 0 Å². The van der Waals surface area contributed by atoms with Crippen molar-refractivity contribution in [3.05, 3.63) is 64.7 Å². The van der Waals surface area contributed by atoms with Gasteiger partial charge in [0.05, 0.1) is 13.2 Å². The van der Waals surface area contributed by atoms with E-state index in [-0.39, 0.29) is 13.2 Å². The Morgan fingerprint density at radius 3 is 2.25 bits per heavy atom. The molecule has 0 heterocycles. The predicted octanol–water partition coefficient (Wildman–Crippen LogP) is 3.15. The summed E-state index contributed by atoms with van der Waals surface area (Å²) in [6.45, 7) is 0.460. The minimum atomic E-state index is 0.00489. The fraction of sp³-hybridized carbons (Fsp3) is 0.250. The summed E-state index contributed by atoms with van der Waals surface area (Å²) in [6.07, 6.45) is 0. The first kappa shape index (κ1) is 15.0. The Labute approximate surface area is 127 Å². The third kappa shape index (κ3) is 4.07. The van der Waals surface area contributed by atoms with Crippen molar-refractivity contribution < 1.29 is 14.9 Å². The van der Waals surface area contributed by atoms with Crippen LogP contribution in [0.25, 0.3) is 0 Å². The predicted molar refractivity (Wildman–Crippen MR) is 81.7 cm³/mol. The molecule has 2 aromatic carbocycles. The van der Waals surface area contributed by atoms with Crippen molar-refractivity contribution in [2.24, 2.45) is 0 Å². The first-order chi connectivity index (χ1) is 9.75. The number of halogens is 1. The Balaban J connectivity index is 2.09. The van der Waals surface area contributed by atoms with E-state index in [9.17, 15) is 5.11 Å². The largest absolute Gasteiger partial charge is 0.489 e. The topological polar surface area (TPSA) is 49.7 Å². The molecule has 2 aromatic rings. The summed E-state index contributed by atoms with van der Waals surface area (Å²) in [5, 5.41) is 19.1. The Hall–Kier alpha value is -1.36. The average Bonchev–Trinajstić information content (AvgIpc) is 2.52. The van der Waals surface area contributed by atoms with Crippen molar-refractivity contribution in [2.45, 2.75) is 25.2 Å². The van der Waals surface area contributed by atoms with Crippen molar-refractivity contribution in [3.63, 3.8) is 0 Å². The second-order valence-electron chi connectivity index (χ2n) is 4.54. The number of hydrogen-bond donors (Lipinski definition) is 2. The van der Waals surface area contributed by atoms with E-state index in [4.69, 9.17) is 9.84 Å². The number of rotatable bonds is 6. The van der Waals surface area contributed by atoms with Crippen LogP contribution in [0.15, 0.2) is 42.5 Å². The van der Waals surface area contributed by atoms with Crippen molar-refractivity contribution in [2.75, 3.05) is 0 Å². The van der Waals surface area contributed by atoms with Gasteiger partial charge in [0.2, 0.25) is 0 Å². The maximum absolute atomic E-state index is 9.25. The molecule has 0 bridgehead atoms. The molecule has 2 rings (SSSR count). The summed E-state index contributed by atoms with van der Waals surface area (Å²) < 4.78 is 5.73. The van der Waals surface area contributed by atoms with Gasteiger partial charge in [0, 0.05) is 5.33 Å². The molecule has 0 amide bonds. The third-order valence-corrected chi connectivity index (χ3v) is 3.58. The molecule has 2 N–H and O–H groups in total. The zero-order valence-electron chi connectivity index (χ0n) is 11.1. The van der Waals surface area contributed by atoms with E-state index in [1.165, 1.54) is 0 Å². The van der Waals surface area contributed by atoms with Gasteiger partial charge in [0.25, 0.3) is 0 Å². The highest BCUT2D eigenvalue weighted by molar-refractivity contribution is 9.08. The second kappa shape index (κ2) is 7.43. The van der Waals surface area contributed by atoms with Crippen molar-refractivity contribution in [1.29, 1.82) is 0 Å². The molecule has 0 radical (unpaired) electrons. The van der Waals surface area contributed by atoms with Crippen LogP contribution in [-0.2, 0) is 25.2 Å². The normalized spacial score (nSPS) is 10.6. The van der Waals surface area contributed by atoms with Gasteiger partial charge in [-0.3, -0.25) is 0 Å². The smallest absolute Gasteiger partial charge is 0.120 e. The summed E-state index contributed by atoms with van der Waals surface area (Å²) in [5.74, 6) is 0.728. The van der Waals surface area contributed by atoms with Crippen molar-refractivity contribution in [3.8, 4) is 5.75 Å². The fourth-order valence-electron chi connectivity index (χ4n) is 1.99. The molecule has 0 atom stereocenters. The molecule has 4 heteroatoms. The molecule has 0 spiro atoms. The summed E-state index contributed by atoms with van der Waals surface area (Å²) in [5.41, 5.74) is 3.83. The Morgan fingerprint density at radius 2 is 1.55 bits per heavy atom. The number of hydrogen-bond acceptors (Lipinski definition) is 3. The number of aliphatic hydroxyl groups is 2. The SMILES string of the molecule is OCc1cc(CBr)cc(COc2cccc(CO)c2)c1. The zero-order valence-corrected chi connectivity index (χ0v) is 12.6. The summed E-state index contributed by atoms with van der Waals surface area (Å²) >= 11 is 3.42. The highest BCUT2D eigenvalue weighted by atomic mass is 79.9. The van der Waals surface area contributed by atoms with Gasteiger partial charge in [0.1, 0.15) is 12.4 Å².